The van der Waals surface area contributed by atoms with E-state index >= 15 is 0 Å². The highest BCUT2D eigenvalue weighted by atomic mass is 19.1. The summed E-state index contributed by atoms with van der Waals surface area (Å²) in [5.74, 6) is -0.550. The van der Waals surface area contributed by atoms with E-state index < -0.39 is 5.82 Å². The maximum absolute atomic E-state index is 13.9. The number of nitrogens with zero attached hydrogens (tertiary/aromatic N) is 2. The normalized spacial score (nSPS) is 25.2. The van der Waals surface area contributed by atoms with Crippen LogP contribution in [0.4, 0.5) is 15.8 Å². The van der Waals surface area contributed by atoms with Crippen molar-refractivity contribution < 1.29 is 9.13 Å². The molecule has 26 heavy (non-hydrogen) atoms. The summed E-state index contributed by atoms with van der Waals surface area (Å²) in [6, 6.07) is 4.08. The predicted molar refractivity (Wildman–Crippen MR) is 102 cm³/mol. The van der Waals surface area contributed by atoms with Crippen LogP contribution in [0.2, 0.25) is 0 Å². The molecule has 3 rings (SSSR count). The molecule has 5 nitrogen and oxygen atoms in total. The zero-order chi connectivity index (χ0) is 18.5. The van der Waals surface area contributed by atoms with Gasteiger partial charge in [0.1, 0.15) is 0 Å². The molecule has 0 atom stereocenters. The molecule has 1 N–H and O–H groups in total. The van der Waals surface area contributed by atoms with Crippen molar-refractivity contribution >= 4 is 11.4 Å². The van der Waals surface area contributed by atoms with Crippen LogP contribution in [0.3, 0.4) is 0 Å². The van der Waals surface area contributed by atoms with Gasteiger partial charge in [-0.15, -0.1) is 4.91 Å². The van der Waals surface area contributed by atoms with E-state index in [2.05, 4.69) is 22.3 Å². The first-order chi connectivity index (χ1) is 12.6. The van der Waals surface area contributed by atoms with Gasteiger partial charge in [-0.1, -0.05) is 0 Å². The quantitative estimate of drug-likeness (QED) is 0.741. The molecule has 1 saturated carbocycles. The van der Waals surface area contributed by atoms with Crippen molar-refractivity contribution in [3.63, 3.8) is 0 Å². The summed E-state index contributed by atoms with van der Waals surface area (Å²) >= 11 is 0. The van der Waals surface area contributed by atoms with E-state index in [1.54, 1.807) is 6.07 Å². The molecular formula is C20H30FN3O2. The van der Waals surface area contributed by atoms with Gasteiger partial charge in [0.2, 0.25) is 0 Å². The van der Waals surface area contributed by atoms with E-state index in [1.165, 1.54) is 18.9 Å². The van der Waals surface area contributed by atoms with Gasteiger partial charge in [-0.2, -0.15) is 0 Å². The highest BCUT2D eigenvalue weighted by Gasteiger charge is 2.29. The van der Waals surface area contributed by atoms with E-state index in [1.807, 2.05) is 6.92 Å². The Labute approximate surface area is 155 Å². The Morgan fingerprint density at radius 2 is 1.88 bits per heavy atom. The molecule has 1 saturated heterocycles. The smallest absolute Gasteiger partial charge is 0.166 e. The van der Waals surface area contributed by atoms with Crippen LogP contribution in [0.1, 0.15) is 51.0 Å². The summed E-state index contributed by atoms with van der Waals surface area (Å²) in [5, 5.41) is 6.23. The van der Waals surface area contributed by atoms with Gasteiger partial charge in [-0.3, -0.25) is 0 Å². The Morgan fingerprint density at radius 1 is 1.19 bits per heavy atom. The van der Waals surface area contributed by atoms with Crippen molar-refractivity contribution in [2.24, 2.45) is 5.18 Å². The number of piperidine rings is 1. The fraction of sp³-hybridized carbons (Fsp3) is 0.700. The lowest BCUT2D eigenvalue weighted by atomic mass is 9.90. The van der Waals surface area contributed by atoms with Crippen LogP contribution in [-0.4, -0.2) is 42.8 Å². The molecule has 2 fully saturated rings. The fourth-order valence-electron chi connectivity index (χ4n) is 4.38. The maximum atomic E-state index is 13.9. The molecule has 0 radical (unpaired) electrons. The molecule has 0 amide bonds. The number of ether oxygens (including phenoxy) is 1. The molecular weight excluding hydrogens is 333 g/mol. The number of anilines is 1. The molecule has 0 spiro atoms. The monoisotopic (exact) mass is 363 g/mol. The first kappa shape index (κ1) is 19.2. The number of halogens is 1. The Hall–Kier alpha value is -1.53. The zero-order valence-corrected chi connectivity index (χ0v) is 15.8. The number of nitrogens with one attached hydrogen (secondary N) is 1. The average Bonchev–Trinajstić information content (AvgIpc) is 2.63. The van der Waals surface area contributed by atoms with Gasteiger partial charge in [0.15, 0.2) is 11.5 Å². The minimum Gasteiger partial charge on any atom is -0.380 e. The molecule has 1 heterocycles. The molecule has 6 heteroatoms. The van der Waals surface area contributed by atoms with Crippen molar-refractivity contribution in [2.45, 2.75) is 70.6 Å². The Balaban J connectivity index is 1.51. The third-order valence-electron chi connectivity index (χ3n) is 5.75. The van der Waals surface area contributed by atoms with E-state index in [0.29, 0.717) is 17.8 Å². The lowest BCUT2D eigenvalue weighted by molar-refractivity contribution is 0.00994. The molecule has 1 aliphatic heterocycles. The van der Waals surface area contributed by atoms with Crippen molar-refractivity contribution in [2.75, 3.05) is 25.0 Å². The number of benzene rings is 1. The molecule has 2 aliphatic rings. The first-order valence-electron chi connectivity index (χ1n) is 9.86. The number of nitroso groups, excluding NO2 is 1. The van der Waals surface area contributed by atoms with Gasteiger partial charge < -0.3 is 15.0 Å². The van der Waals surface area contributed by atoms with Gasteiger partial charge in [-0.05, 0) is 75.2 Å². The van der Waals surface area contributed by atoms with Gasteiger partial charge in [-0.25, -0.2) is 4.39 Å². The largest absolute Gasteiger partial charge is 0.380 e. The molecule has 0 aromatic heterocycles. The van der Waals surface area contributed by atoms with Gasteiger partial charge in [0.25, 0.3) is 0 Å². The number of aryl methyl sites for hydroxylation is 1. The van der Waals surface area contributed by atoms with Crippen molar-refractivity contribution in [1.82, 2.24) is 4.90 Å². The Morgan fingerprint density at radius 3 is 2.50 bits per heavy atom. The summed E-state index contributed by atoms with van der Waals surface area (Å²) in [4.78, 5) is 13.6. The van der Waals surface area contributed by atoms with Crippen molar-refractivity contribution in [3.05, 3.63) is 28.4 Å². The first-order valence-corrected chi connectivity index (χ1v) is 9.86. The number of likely N-dealkylation sites (tertiary alicyclic amines) is 1. The van der Waals surface area contributed by atoms with Crippen LogP contribution < -0.4 is 5.32 Å². The maximum Gasteiger partial charge on any atom is 0.166 e. The van der Waals surface area contributed by atoms with E-state index in [9.17, 15) is 9.30 Å². The van der Waals surface area contributed by atoms with Crippen LogP contribution in [-0.2, 0) is 4.74 Å². The topological polar surface area (TPSA) is 53.9 Å². The lowest BCUT2D eigenvalue weighted by Crippen LogP contribution is -2.46. The molecule has 144 valence electrons. The SMILES string of the molecule is CCO[C@H]1CC[C@H](N2CCC(Nc3cc(C)cc(F)c3N=O)CC2)CC1. The molecule has 0 bridgehead atoms. The summed E-state index contributed by atoms with van der Waals surface area (Å²) in [5.41, 5.74) is 1.21. The second kappa shape index (κ2) is 8.91. The number of rotatable bonds is 6. The molecule has 1 aromatic carbocycles. The van der Waals surface area contributed by atoms with Crippen LogP contribution >= 0.6 is 0 Å². The minimum atomic E-state index is -0.550. The van der Waals surface area contributed by atoms with Crippen molar-refractivity contribution in [3.8, 4) is 0 Å². The van der Waals surface area contributed by atoms with Crippen LogP contribution in [0, 0.1) is 17.6 Å². The second-order valence-corrected chi connectivity index (χ2v) is 7.57. The van der Waals surface area contributed by atoms with Gasteiger partial charge in [0.05, 0.1) is 11.8 Å². The lowest BCUT2D eigenvalue weighted by Gasteiger charge is -2.41. The van der Waals surface area contributed by atoms with Crippen LogP contribution in [0.5, 0.6) is 0 Å². The summed E-state index contributed by atoms with van der Waals surface area (Å²) in [6.45, 7) is 6.78. The average molecular weight is 363 g/mol. The van der Waals surface area contributed by atoms with Crippen LogP contribution in [0.15, 0.2) is 17.3 Å². The highest BCUT2D eigenvalue weighted by molar-refractivity contribution is 5.67. The summed E-state index contributed by atoms with van der Waals surface area (Å²) in [7, 11) is 0. The third kappa shape index (κ3) is 4.60. The zero-order valence-electron chi connectivity index (χ0n) is 15.8. The summed E-state index contributed by atoms with van der Waals surface area (Å²) in [6.07, 6.45) is 7.19. The highest BCUT2D eigenvalue weighted by Crippen LogP contribution is 2.32. The summed E-state index contributed by atoms with van der Waals surface area (Å²) < 4.78 is 19.7. The molecule has 0 unspecified atom stereocenters. The van der Waals surface area contributed by atoms with E-state index in [0.717, 1.165) is 50.9 Å². The number of hydrogen-bond donors (Lipinski definition) is 1. The molecule has 1 aromatic rings. The third-order valence-corrected chi connectivity index (χ3v) is 5.75. The Bertz CT molecular complexity index is 609. The Kier molecular flexibility index (Phi) is 6.59. The second-order valence-electron chi connectivity index (χ2n) is 7.57. The minimum absolute atomic E-state index is 0.104. The fourth-order valence-corrected chi connectivity index (χ4v) is 4.38. The van der Waals surface area contributed by atoms with E-state index in [-0.39, 0.29) is 11.7 Å². The standard InChI is InChI=1S/C20H30FN3O2/c1-3-26-17-6-4-16(5-7-17)24-10-8-15(9-11-24)22-19-13-14(2)12-18(21)20(19)23-25/h12-13,15-17,22H,3-11H2,1-2H3/t16-,17-. The van der Waals surface area contributed by atoms with Gasteiger partial charge in [0, 0.05) is 31.8 Å². The van der Waals surface area contributed by atoms with Crippen molar-refractivity contribution in [1.29, 1.82) is 0 Å². The van der Waals surface area contributed by atoms with Gasteiger partial charge >= 0.3 is 0 Å². The number of hydrogen-bond acceptors (Lipinski definition) is 5. The molecule has 1 aliphatic carbocycles. The predicted octanol–water partition coefficient (Wildman–Crippen LogP) is 4.76. The van der Waals surface area contributed by atoms with E-state index in [4.69, 9.17) is 4.74 Å². The van der Waals surface area contributed by atoms with Crippen LogP contribution in [0.25, 0.3) is 0 Å².